The summed E-state index contributed by atoms with van der Waals surface area (Å²) in [5, 5.41) is 19.8. The summed E-state index contributed by atoms with van der Waals surface area (Å²) in [5.74, 6) is -1.80. The molecule has 0 spiro atoms. The van der Waals surface area contributed by atoms with Gasteiger partial charge in [-0.2, -0.15) is 5.10 Å². The predicted molar refractivity (Wildman–Crippen MR) is 134 cm³/mol. The van der Waals surface area contributed by atoms with Crippen molar-refractivity contribution in [1.82, 2.24) is 20.1 Å². The molecular weight excluding hydrogens is 507 g/mol. The second-order valence-electron chi connectivity index (χ2n) is 10.1. The Balaban J connectivity index is 1.62. The van der Waals surface area contributed by atoms with Gasteiger partial charge in [0.1, 0.15) is 23.1 Å². The number of likely N-dealkylation sites (tertiary alicyclic amines) is 1. The number of alkyl halides is 1. The topological polar surface area (TPSA) is 94.1 Å². The van der Waals surface area contributed by atoms with Crippen LogP contribution in [-0.2, 0) is 23.4 Å². The number of nitrogens with zero attached hydrogens (tertiary/aromatic N) is 3. The van der Waals surface area contributed by atoms with Crippen LogP contribution in [0.3, 0.4) is 0 Å². The highest BCUT2D eigenvalue weighted by molar-refractivity contribution is 6.30. The van der Waals surface area contributed by atoms with Gasteiger partial charge in [-0.15, -0.1) is 0 Å². The van der Waals surface area contributed by atoms with E-state index in [2.05, 4.69) is 20.5 Å². The van der Waals surface area contributed by atoms with Gasteiger partial charge in [-0.3, -0.25) is 14.8 Å². The van der Waals surface area contributed by atoms with Gasteiger partial charge in [0.25, 0.3) is 0 Å². The van der Waals surface area contributed by atoms with E-state index in [4.69, 9.17) is 11.6 Å². The number of aromatic nitrogens is 3. The molecule has 7 nitrogen and oxygen atoms in total. The highest BCUT2D eigenvalue weighted by atomic mass is 35.5. The molecule has 2 aromatic heterocycles. The number of hydrogen-bond donors (Lipinski definition) is 3. The van der Waals surface area contributed by atoms with E-state index < -0.39 is 28.7 Å². The Morgan fingerprint density at radius 1 is 1.32 bits per heavy atom. The Morgan fingerprint density at radius 3 is 2.70 bits per heavy atom. The van der Waals surface area contributed by atoms with Gasteiger partial charge >= 0.3 is 5.97 Å². The number of carboxylic acids is 1. The fraction of sp³-hybridized carbons (Fsp3) is 0.423. The molecule has 1 aliphatic heterocycles. The quantitative estimate of drug-likeness (QED) is 0.328. The van der Waals surface area contributed by atoms with Crippen molar-refractivity contribution in [1.29, 1.82) is 0 Å². The summed E-state index contributed by atoms with van der Waals surface area (Å²) in [4.78, 5) is 18.9. The van der Waals surface area contributed by atoms with Crippen LogP contribution >= 0.6 is 11.6 Å². The van der Waals surface area contributed by atoms with Crippen LogP contribution < -0.4 is 5.32 Å². The summed E-state index contributed by atoms with van der Waals surface area (Å²) < 4.78 is 45.0. The average molecular weight is 536 g/mol. The number of pyridine rings is 1. The molecule has 3 aromatic rings. The molecule has 1 saturated heterocycles. The van der Waals surface area contributed by atoms with Crippen molar-refractivity contribution in [2.75, 3.05) is 11.9 Å². The maximum Gasteiger partial charge on any atom is 0.310 e. The third-order valence-electron chi connectivity index (χ3n) is 6.98. The van der Waals surface area contributed by atoms with Crippen molar-refractivity contribution in [3.63, 3.8) is 0 Å². The van der Waals surface area contributed by atoms with Crippen molar-refractivity contribution in [3.05, 3.63) is 70.0 Å². The van der Waals surface area contributed by atoms with Gasteiger partial charge in [0.15, 0.2) is 5.82 Å². The molecule has 2 atom stereocenters. The van der Waals surface area contributed by atoms with Gasteiger partial charge < -0.3 is 10.4 Å². The van der Waals surface area contributed by atoms with Crippen LogP contribution in [0.5, 0.6) is 0 Å². The van der Waals surface area contributed by atoms with Gasteiger partial charge in [0.05, 0.1) is 22.3 Å². The number of rotatable bonds is 8. The second-order valence-corrected chi connectivity index (χ2v) is 10.5. The Bertz CT molecular complexity index is 1280. The minimum atomic E-state index is -2.03. The van der Waals surface area contributed by atoms with Crippen molar-refractivity contribution in [2.24, 2.45) is 5.41 Å². The summed E-state index contributed by atoms with van der Waals surface area (Å²) in [7, 11) is 0. The molecular formula is C26H29ClF3N5O2. The Morgan fingerprint density at radius 2 is 2.08 bits per heavy atom. The minimum Gasteiger partial charge on any atom is -0.481 e. The number of aromatic amines is 1. The molecule has 198 valence electrons. The normalized spacial score (nSPS) is 20.7. The molecule has 0 radical (unpaired) electrons. The molecule has 1 aliphatic rings. The monoisotopic (exact) mass is 535 g/mol. The highest BCUT2D eigenvalue weighted by Gasteiger charge is 2.46. The molecule has 4 rings (SSSR count). The van der Waals surface area contributed by atoms with Crippen LogP contribution in [0.4, 0.5) is 24.8 Å². The zero-order chi connectivity index (χ0) is 27.0. The number of anilines is 2. The van der Waals surface area contributed by atoms with Crippen molar-refractivity contribution in [2.45, 2.75) is 58.3 Å². The predicted octanol–water partition coefficient (Wildman–Crippen LogP) is 5.98. The second kappa shape index (κ2) is 10.3. The van der Waals surface area contributed by atoms with Crippen LogP contribution in [0.1, 0.15) is 50.4 Å². The van der Waals surface area contributed by atoms with E-state index in [-0.39, 0.29) is 53.9 Å². The smallest absolute Gasteiger partial charge is 0.310 e. The largest absolute Gasteiger partial charge is 0.481 e. The molecule has 37 heavy (non-hydrogen) atoms. The Kier molecular flexibility index (Phi) is 7.52. The molecule has 0 saturated carbocycles. The van der Waals surface area contributed by atoms with Gasteiger partial charge in [-0.05, 0) is 52.3 Å². The number of carboxylic acid groups (broad SMARTS) is 1. The lowest BCUT2D eigenvalue weighted by atomic mass is 9.72. The number of hydrogen-bond acceptors (Lipinski definition) is 5. The summed E-state index contributed by atoms with van der Waals surface area (Å²) >= 11 is 5.91. The van der Waals surface area contributed by atoms with E-state index in [0.717, 1.165) is 0 Å². The number of H-pyrrole nitrogens is 1. The summed E-state index contributed by atoms with van der Waals surface area (Å²) in [6, 6.07) is 7.43. The Hall–Kier alpha value is -3.11. The summed E-state index contributed by atoms with van der Waals surface area (Å²) in [6.45, 7) is 4.93. The van der Waals surface area contributed by atoms with Crippen LogP contribution in [0.25, 0.3) is 0 Å². The highest BCUT2D eigenvalue weighted by Crippen LogP contribution is 2.41. The fourth-order valence-corrected chi connectivity index (χ4v) is 5.10. The van der Waals surface area contributed by atoms with Gasteiger partial charge in [-0.25, -0.2) is 18.2 Å². The van der Waals surface area contributed by atoms with E-state index in [1.807, 2.05) is 11.8 Å². The average Bonchev–Trinajstić information content (AvgIpc) is 3.32. The molecule has 1 aromatic carbocycles. The minimum absolute atomic E-state index is 0.0267. The van der Waals surface area contributed by atoms with E-state index in [1.54, 1.807) is 18.2 Å². The fourth-order valence-electron chi connectivity index (χ4n) is 4.91. The lowest BCUT2D eigenvalue weighted by molar-refractivity contribution is -0.153. The first-order valence-corrected chi connectivity index (χ1v) is 12.3. The van der Waals surface area contributed by atoms with Crippen molar-refractivity contribution >= 4 is 29.2 Å². The number of benzene rings is 1. The van der Waals surface area contributed by atoms with Gasteiger partial charge in [0, 0.05) is 36.2 Å². The molecule has 3 N–H and O–H groups in total. The molecule has 3 heterocycles. The van der Waals surface area contributed by atoms with E-state index >= 15 is 4.39 Å². The van der Waals surface area contributed by atoms with E-state index in [9.17, 15) is 18.7 Å². The number of halogens is 4. The lowest BCUT2D eigenvalue weighted by Gasteiger charge is -2.43. The van der Waals surface area contributed by atoms with E-state index in [0.29, 0.717) is 17.9 Å². The zero-order valence-electron chi connectivity index (χ0n) is 20.8. The molecule has 0 bridgehead atoms. The van der Waals surface area contributed by atoms with Crippen molar-refractivity contribution in [3.8, 4) is 0 Å². The number of aliphatic carboxylic acids is 1. The molecule has 11 heteroatoms. The van der Waals surface area contributed by atoms with Crippen LogP contribution in [0, 0.1) is 17.0 Å². The van der Waals surface area contributed by atoms with Gasteiger partial charge in [-0.1, -0.05) is 23.7 Å². The molecule has 0 amide bonds. The standard InChI is InChI=1S/C26H29ClF3N5O2/c1-15-12-26(24(36)37,8-10-35(15)14-16-5-4-6-18(27)22(16)28)13-19-23(29)17(25(2,3)30)11-21(32-19)33-20-7-9-31-34-20/h4-7,9,11,15H,8,10,12-14H2,1-3H3,(H,36,37)(H2,31,32,33,34)/t15-,26-/m1/s1. The molecule has 0 aliphatic carbocycles. The van der Waals surface area contributed by atoms with E-state index in [1.165, 1.54) is 32.2 Å². The number of carbonyl (C=O) groups is 1. The maximum atomic E-state index is 15.6. The first-order chi connectivity index (χ1) is 17.4. The number of piperidine rings is 1. The summed E-state index contributed by atoms with van der Waals surface area (Å²) in [5.41, 5.74) is -3.29. The van der Waals surface area contributed by atoms with Crippen LogP contribution in [-0.4, -0.2) is 43.7 Å². The van der Waals surface area contributed by atoms with Crippen LogP contribution in [0.2, 0.25) is 5.02 Å². The first kappa shape index (κ1) is 26.9. The van der Waals surface area contributed by atoms with Gasteiger partial charge in [0.2, 0.25) is 0 Å². The lowest BCUT2D eigenvalue weighted by Crippen LogP contribution is -2.50. The SMILES string of the molecule is C[C@@H]1C[C@](Cc2nc(Nc3ccn[nH]3)cc(C(C)(C)F)c2F)(C(=O)O)CCN1Cc1cccc(Cl)c1F. The Labute approximate surface area is 218 Å². The van der Waals surface area contributed by atoms with Crippen LogP contribution in [0.15, 0.2) is 36.5 Å². The molecule has 0 unspecified atom stereocenters. The maximum absolute atomic E-state index is 15.6. The molecule has 1 fully saturated rings. The third-order valence-corrected chi connectivity index (χ3v) is 7.27. The third kappa shape index (κ3) is 5.75. The number of nitrogens with one attached hydrogen (secondary N) is 2. The summed E-state index contributed by atoms with van der Waals surface area (Å²) in [6.07, 6.45) is 1.65. The zero-order valence-corrected chi connectivity index (χ0v) is 21.5. The first-order valence-electron chi connectivity index (χ1n) is 12.0. The van der Waals surface area contributed by atoms with Crippen molar-refractivity contribution < 1.29 is 23.1 Å².